The fourth-order valence-corrected chi connectivity index (χ4v) is 3.33. The first-order valence-electron chi connectivity index (χ1n) is 8.83. The number of benzene rings is 1. The van der Waals surface area contributed by atoms with Gasteiger partial charge in [0.05, 0.1) is 18.9 Å². The first kappa shape index (κ1) is 16.5. The Morgan fingerprint density at radius 3 is 2.83 bits per heavy atom. The average molecular weight is 318 g/mol. The van der Waals surface area contributed by atoms with Gasteiger partial charge in [-0.2, -0.15) is 0 Å². The second-order valence-corrected chi connectivity index (χ2v) is 6.42. The maximum Gasteiger partial charge on any atom is 0.146 e. The van der Waals surface area contributed by atoms with E-state index >= 15 is 0 Å². The van der Waals surface area contributed by atoms with Crippen LogP contribution in [0.2, 0.25) is 0 Å². The molecule has 0 spiro atoms. The zero-order chi connectivity index (χ0) is 15.9. The van der Waals surface area contributed by atoms with Crippen LogP contribution in [0.4, 0.5) is 10.1 Å². The van der Waals surface area contributed by atoms with E-state index in [0.717, 1.165) is 38.2 Å². The van der Waals surface area contributed by atoms with Crippen molar-refractivity contribution in [1.82, 2.24) is 5.32 Å². The quantitative estimate of drug-likeness (QED) is 0.640. The Hall–Kier alpha value is -1.39. The predicted molar refractivity (Wildman–Crippen MR) is 92.3 cm³/mol. The first-order chi connectivity index (χ1) is 11.3. The van der Waals surface area contributed by atoms with Gasteiger partial charge in [0.1, 0.15) is 5.82 Å². The van der Waals surface area contributed by atoms with E-state index in [9.17, 15) is 4.39 Å². The van der Waals surface area contributed by atoms with Crippen LogP contribution in [0, 0.1) is 5.82 Å². The fraction of sp³-hybridized carbons (Fsp3) is 0.579. The van der Waals surface area contributed by atoms with Crippen molar-refractivity contribution in [3.63, 3.8) is 0 Å². The van der Waals surface area contributed by atoms with E-state index in [1.54, 1.807) is 11.6 Å². The number of ether oxygens (including phenoxy) is 1. The summed E-state index contributed by atoms with van der Waals surface area (Å²) in [5, 5.41) is 3.49. The number of nitrogens with one attached hydrogen (secondary N) is 1. The summed E-state index contributed by atoms with van der Waals surface area (Å²) in [6.07, 6.45) is 8.73. The molecular weight excluding hydrogens is 291 g/mol. The minimum atomic E-state index is -0.136. The molecular formula is C19H27FN2O. The topological polar surface area (TPSA) is 24.5 Å². The van der Waals surface area contributed by atoms with Crippen LogP contribution in [0.25, 0.3) is 0 Å². The van der Waals surface area contributed by atoms with Crippen molar-refractivity contribution in [2.24, 2.45) is 0 Å². The number of anilines is 1. The molecule has 3 nitrogen and oxygen atoms in total. The third-order valence-electron chi connectivity index (χ3n) is 4.70. The molecule has 2 aliphatic rings. The van der Waals surface area contributed by atoms with Crippen LogP contribution in [0.15, 0.2) is 29.8 Å². The highest BCUT2D eigenvalue weighted by Gasteiger charge is 2.15. The van der Waals surface area contributed by atoms with E-state index in [2.05, 4.69) is 16.3 Å². The highest BCUT2D eigenvalue weighted by atomic mass is 19.1. The van der Waals surface area contributed by atoms with Gasteiger partial charge in [0.15, 0.2) is 0 Å². The molecule has 0 radical (unpaired) electrons. The summed E-state index contributed by atoms with van der Waals surface area (Å²) in [4.78, 5) is 2.08. The molecule has 0 aromatic heterocycles. The van der Waals surface area contributed by atoms with Gasteiger partial charge in [-0.3, -0.25) is 0 Å². The lowest BCUT2D eigenvalue weighted by Crippen LogP contribution is -2.36. The number of allylic oxidation sites excluding steroid dienone is 1. The van der Waals surface area contributed by atoms with Crippen molar-refractivity contribution in [2.45, 2.75) is 38.6 Å². The number of rotatable bonds is 6. The molecule has 1 aromatic rings. The van der Waals surface area contributed by atoms with Crippen LogP contribution in [0.3, 0.4) is 0 Å². The Bertz CT molecular complexity index is 538. The molecule has 1 N–H and O–H groups in total. The molecule has 126 valence electrons. The summed E-state index contributed by atoms with van der Waals surface area (Å²) in [7, 11) is 0. The highest BCUT2D eigenvalue weighted by molar-refractivity contribution is 5.50. The Morgan fingerprint density at radius 1 is 1.17 bits per heavy atom. The van der Waals surface area contributed by atoms with Gasteiger partial charge < -0.3 is 15.0 Å². The lowest BCUT2D eigenvalue weighted by Gasteiger charge is -2.29. The number of hydrogen-bond donors (Lipinski definition) is 1. The van der Waals surface area contributed by atoms with Gasteiger partial charge in [0.2, 0.25) is 0 Å². The lowest BCUT2D eigenvalue weighted by molar-refractivity contribution is 0.122. The summed E-state index contributed by atoms with van der Waals surface area (Å²) in [6, 6.07) is 5.45. The molecule has 23 heavy (non-hydrogen) atoms. The SMILES string of the molecule is Fc1ccc(CNCCC2=CCCCC2)cc1N1CCOCC1. The van der Waals surface area contributed by atoms with E-state index in [-0.39, 0.29) is 5.82 Å². The van der Waals surface area contributed by atoms with Crippen molar-refractivity contribution in [1.29, 1.82) is 0 Å². The summed E-state index contributed by atoms with van der Waals surface area (Å²) in [5.41, 5.74) is 3.45. The molecule has 4 heteroatoms. The van der Waals surface area contributed by atoms with Crippen molar-refractivity contribution in [3.05, 3.63) is 41.2 Å². The fourth-order valence-electron chi connectivity index (χ4n) is 3.33. The predicted octanol–water partition coefficient (Wildman–Crippen LogP) is 3.64. The first-order valence-corrected chi connectivity index (χ1v) is 8.83. The normalized spacial score (nSPS) is 18.8. The molecule has 1 saturated heterocycles. The molecule has 0 saturated carbocycles. The summed E-state index contributed by atoms with van der Waals surface area (Å²) in [5.74, 6) is -0.136. The van der Waals surface area contributed by atoms with Crippen molar-refractivity contribution >= 4 is 5.69 Å². The van der Waals surface area contributed by atoms with Gasteiger partial charge in [-0.15, -0.1) is 0 Å². The van der Waals surface area contributed by atoms with Crippen LogP contribution in [-0.4, -0.2) is 32.8 Å². The number of nitrogens with zero attached hydrogens (tertiary/aromatic N) is 1. The van der Waals surface area contributed by atoms with E-state index in [0.29, 0.717) is 18.9 Å². The van der Waals surface area contributed by atoms with Crippen LogP contribution < -0.4 is 10.2 Å². The molecule has 1 aliphatic heterocycles. The second kappa shape index (κ2) is 8.46. The third-order valence-corrected chi connectivity index (χ3v) is 4.70. The molecule has 3 rings (SSSR count). The average Bonchev–Trinajstić information content (AvgIpc) is 2.62. The lowest BCUT2D eigenvalue weighted by atomic mass is 9.97. The Kier molecular flexibility index (Phi) is 6.06. The minimum absolute atomic E-state index is 0.136. The van der Waals surface area contributed by atoms with E-state index in [1.165, 1.54) is 25.7 Å². The van der Waals surface area contributed by atoms with Crippen LogP contribution in [0.5, 0.6) is 0 Å². The zero-order valence-corrected chi connectivity index (χ0v) is 13.8. The Labute approximate surface area is 138 Å². The van der Waals surface area contributed by atoms with Crippen molar-refractivity contribution in [3.8, 4) is 0 Å². The van der Waals surface area contributed by atoms with E-state index in [1.807, 2.05) is 12.1 Å². The maximum atomic E-state index is 14.1. The van der Waals surface area contributed by atoms with Gasteiger partial charge in [0.25, 0.3) is 0 Å². The van der Waals surface area contributed by atoms with Gasteiger partial charge in [-0.1, -0.05) is 17.7 Å². The van der Waals surface area contributed by atoms with Crippen molar-refractivity contribution in [2.75, 3.05) is 37.7 Å². The molecule has 1 heterocycles. The summed E-state index contributed by atoms with van der Waals surface area (Å²) >= 11 is 0. The van der Waals surface area contributed by atoms with E-state index < -0.39 is 0 Å². The minimum Gasteiger partial charge on any atom is -0.378 e. The third kappa shape index (κ3) is 4.79. The molecule has 0 amide bonds. The van der Waals surface area contributed by atoms with E-state index in [4.69, 9.17) is 4.74 Å². The van der Waals surface area contributed by atoms with Crippen LogP contribution in [0.1, 0.15) is 37.7 Å². The van der Waals surface area contributed by atoms with Gasteiger partial charge in [-0.25, -0.2) is 4.39 Å². The molecule has 1 aromatic carbocycles. The Morgan fingerprint density at radius 2 is 2.04 bits per heavy atom. The van der Waals surface area contributed by atoms with Gasteiger partial charge in [-0.05, 0) is 56.3 Å². The number of halogens is 1. The summed E-state index contributed by atoms with van der Waals surface area (Å²) < 4.78 is 19.4. The van der Waals surface area contributed by atoms with Crippen LogP contribution in [-0.2, 0) is 11.3 Å². The maximum absolute atomic E-state index is 14.1. The van der Waals surface area contributed by atoms with Gasteiger partial charge >= 0.3 is 0 Å². The zero-order valence-electron chi connectivity index (χ0n) is 13.8. The monoisotopic (exact) mass is 318 g/mol. The molecule has 1 fully saturated rings. The molecule has 1 aliphatic carbocycles. The molecule has 0 atom stereocenters. The smallest absolute Gasteiger partial charge is 0.146 e. The molecule has 0 unspecified atom stereocenters. The Balaban J connectivity index is 1.50. The van der Waals surface area contributed by atoms with Crippen LogP contribution >= 0.6 is 0 Å². The summed E-state index contributed by atoms with van der Waals surface area (Å²) in [6.45, 7) is 4.68. The number of hydrogen-bond acceptors (Lipinski definition) is 3. The van der Waals surface area contributed by atoms with Gasteiger partial charge in [0, 0.05) is 19.6 Å². The second-order valence-electron chi connectivity index (χ2n) is 6.42. The standard InChI is InChI=1S/C19H27FN2O/c20-18-7-6-17(14-19(18)22-10-12-23-13-11-22)15-21-9-8-16-4-2-1-3-5-16/h4,6-7,14,21H,1-3,5,8-13,15H2. The number of morpholine rings is 1. The van der Waals surface area contributed by atoms with Crippen molar-refractivity contribution < 1.29 is 9.13 Å². The molecule has 0 bridgehead atoms. The highest BCUT2D eigenvalue weighted by Crippen LogP contribution is 2.22. The largest absolute Gasteiger partial charge is 0.378 e.